The summed E-state index contributed by atoms with van der Waals surface area (Å²) in [5.41, 5.74) is 1.30. The zero-order valence-corrected chi connectivity index (χ0v) is 10.5. The number of aromatic carboxylic acids is 1. The largest absolute Gasteiger partial charge is 0.478 e. The first-order valence-electron chi connectivity index (χ1n) is 5.59. The average molecular weight is 246 g/mol. The first-order valence-corrected chi connectivity index (χ1v) is 5.59. The van der Waals surface area contributed by atoms with Gasteiger partial charge in [-0.1, -0.05) is 13.8 Å². The molecule has 2 heterocycles. The minimum atomic E-state index is -1.01. The molecule has 0 saturated carbocycles. The summed E-state index contributed by atoms with van der Waals surface area (Å²) in [6.45, 7) is 3.80. The maximum Gasteiger partial charge on any atom is 0.339 e. The van der Waals surface area contributed by atoms with Gasteiger partial charge in [-0.15, -0.1) is 0 Å². The minimum absolute atomic E-state index is 0.0153. The van der Waals surface area contributed by atoms with Gasteiger partial charge in [0.1, 0.15) is 5.69 Å². The fourth-order valence-corrected chi connectivity index (χ4v) is 1.66. The fraction of sp³-hybridized carbons (Fsp3) is 0.333. The summed E-state index contributed by atoms with van der Waals surface area (Å²) < 4.78 is 1.65. The van der Waals surface area contributed by atoms with E-state index >= 15 is 0 Å². The Bertz CT molecular complexity index is 590. The average Bonchev–Trinajstić information content (AvgIpc) is 2.75. The normalized spacial score (nSPS) is 10.9. The van der Waals surface area contributed by atoms with Gasteiger partial charge in [-0.3, -0.25) is 4.68 Å². The third-order valence-electron chi connectivity index (χ3n) is 2.54. The van der Waals surface area contributed by atoms with Crippen molar-refractivity contribution < 1.29 is 9.90 Å². The highest BCUT2D eigenvalue weighted by molar-refractivity contribution is 5.88. The SMILES string of the molecule is CC(C)c1nc(-c2ccn(C)n2)ncc1C(=O)O. The standard InChI is InChI=1S/C12H14N4O2/c1-7(2)10-8(12(17)18)6-13-11(14-10)9-4-5-16(3)15-9/h4-7H,1-3H3,(H,17,18). The number of aromatic nitrogens is 4. The van der Waals surface area contributed by atoms with Gasteiger partial charge in [-0.05, 0) is 12.0 Å². The Morgan fingerprint density at radius 2 is 2.17 bits per heavy atom. The number of hydrogen-bond donors (Lipinski definition) is 1. The molecule has 0 radical (unpaired) electrons. The zero-order valence-electron chi connectivity index (χ0n) is 10.5. The molecule has 0 aromatic carbocycles. The summed E-state index contributed by atoms with van der Waals surface area (Å²) in [5.74, 6) is -0.544. The lowest BCUT2D eigenvalue weighted by Crippen LogP contribution is -2.09. The van der Waals surface area contributed by atoms with E-state index in [9.17, 15) is 4.79 Å². The molecule has 2 rings (SSSR count). The van der Waals surface area contributed by atoms with Crippen molar-refractivity contribution in [1.29, 1.82) is 0 Å². The van der Waals surface area contributed by atoms with E-state index in [-0.39, 0.29) is 11.5 Å². The lowest BCUT2D eigenvalue weighted by molar-refractivity contribution is 0.0694. The molecular formula is C12H14N4O2. The molecule has 0 unspecified atom stereocenters. The number of rotatable bonds is 3. The molecule has 6 heteroatoms. The Labute approximate surface area is 104 Å². The molecule has 18 heavy (non-hydrogen) atoms. The maximum atomic E-state index is 11.1. The van der Waals surface area contributed by atoms with Crippen molar-refractivity contribution in [3.05, 3.63) is 29.7 Å². The van der Waals surface area contributed by atoms with Crippen LogP contribution in [0, 0.1) is 0 Å². The van der Waals surface area contributed by atoms with Crippen LogP contribution in [0.1, 0.15) is 35.8 Å². The van der Waals surface area contributed by atoms with Crippen molar-refractivity contribution >= 4 is 5.97 Å². The molecular weight excluding hydrogens is 232 g/mol. The molecule has 0 atom stereocenters. The van der Waals surface area contributed by atoms with Crippen LogP contribution in [0.4, 0.5) is 0 Å². The summed E-state index contributed by atoms with van der Waals surface area (Å²) in [5, 5.41) is 13.3. The Morgan fingerprint density at radius 3 is 2.67 bits per heavy atom. The lowest BCUT2D eigenvalue weighted by Gasteiger charge is -2.09. The van der Waals surface area contributed by atoms with E-state index in [0.29, 0.717) is 17.2 Å². The van der Waals surface area contributed by atoms with Crippen LogP contribution in [-0.4, -0.2) is 30.8 Å². The third-order valence-corrected chi connectivity index (χ3v) is 2.54. The molecule has 0 fully saturated rings. The van der Waals surface area contributed by atoms with E-state index in [1.54, 1.807) is 24.0 Å². The third kappa shape index (κ3) is 2.22. The van der Waals surface area contributed by atoms with E-state index < -0.39 is 5.97 Å². The Balaban J connectivity index is 2.53. The summed E-state index contributed by atoms with van der Waals surface area (Å²) in [7, 11) is 1.80. The van der Waals surface area contributed by atoms with Crippen molar-refractivity contribution in [2.24, 2.45) is 7.05 Å². The van der Waals surface area contributed by atoms with Crippen LogP contribution in [0.25, 0.3) is 11.5 Å². The summed E-state index contributed by atoms with van der Waals surface area (Å²) >= 11 is 0. The quantitative estimate of drug-likeness (QED) is 0.891. The van der Waals surface area contributed by atoms with Crippen LogP contribution in [0.3, 0.4) is 0 Å². The van der Waals surface area contributed by atoms with Crippen molar-refractivity contribution in [3.8, 4) is 11.5 Å². The van der Waals surface area contributed by atoms with Crippen LogP contribution in [0.5, 0.6) is 0 Å². The van der Waals surface area contributed by atoms with E-state index in [4.69, 9.17) is 5.11 Å². The molecule has 94 valence electrons. The Morgan fingerprint density at radius 1 is 1.44 bits per heavy atom. The number of carboxylic acid groups (broad SMARTS) is 1. The molecule has 2 aromatic rings. The summed E-state index contributed by atoms with van der Waals surface area (Å²) in [4.78, 5) is 19.4. The Kier molecular flexibility index (Phi) is 3.10. The van der Waals surface area contributed by atoms with Crippen molar-refractivity contribution in [2.75, 3.05) is 0 Å². The minimum Gasteiger partial charge on any atom is -0.478 e. The topological polar surface area (TPSA) is 80.9 Å². The summed E-state index contributed by atoms with van der Waals surface area (Å²) in [6.07, 6.45) is 3.13. The lowest BCUT2D eigenvalue weighted by atomic mass is 10.1. The number of hydrogen-bond acceptors (Lipinski definition) is 4. The van der Waals surface area contributed by atoms with Gasteiger partial charge >= 0.3 is 5.97 Å². The van der Waals surface area contributed by atoms with E-state index in [2.05, 4.69) is 15.1 Å². The highest BCUT2D eigenvalue weighted by Gasteiger charge is 2.17. The van der Waals surface area contributed by atoms with Gasteiger partial charge in [0.15, 0.2) is 5.82 Å². The van der Waals surface area contributed by atoms with Gasteiger partial charge in [0.05, 0.1) is 11.3 Å². The van der Waals surface area contributed by atoms with Gasteiger partial charge < -0.3 is 5.11 Å². The second kappa shape index (κ2) is 4.56. The van der Waals surface area contributed by atoms with E-state index in [0.717, 1.165) is 0 Å². The number of carboxylic acids is 1. The summed E-state index contributed by atoms with van der Waals surface area (Å²) in [6, 6.07) is 1.79. The smallest absolute Gasteiger partial charge is 0.339 e. The molecule has 2 aromatic heterocycles. The molecule has 0 aliphatic rings. The molecule has 0 spiro atoms. The first-order chi connectivity index (χ1) is 8.49. The fourth-order valence-electron chi connectivity index (χ4n) is 1.66. The highest BCUT2D eigenvalue weighted by Crippen LogP contribution is 2.20. The predicted molar refractivity (Wildman–Crippen MR) is 65.3 cm³/mol. The van der Waals surface area contributed by atoms with Crippen LogP contribution >= 0.6 is 0 Å². The van der Waals surface area contributed by atoms with E-state index in [1.807, 2.05) is 13.8 Å². The van der Waals surface area contributed by atoms with E-state index in [1.165, 1.54) is 6.20 Å². The second-order valence-corrected chi connectivity index (χ2v) is 4.33. The highest BCUT2D eigenvalue weighted by atomic mass is 16.4. The molecule has 0 saturated heterocycles. The van der Waals surface area contributed by atoms with Crippen molar-refractivity contribution in [2.45, 2.75) is 19.8 Å². The van der Waals surface area contributed by atoms with Gasteiger partial charge in [0.2, 0.25) is 0 Å². The molecule has 6 nitrogen and oxygen atoms in total. The van der Waals surface area contributed by atoms with Crippen LogP contribution in [0.15, 0.2) is 18.5 Å². The molecule has 0 bridgehead atoms. The first kappa shape index (κ1) is 12.2. The van der Waals surface area contributed by atoms with Gasteiger partial charge in [0, 0.05) is 19.4 Å². The maximum absolute atomic E-state index is 11.1. The number of nitrogens with zero attached hydrogens (tertiary/aromatic N) is 4. The van der Waals surface area contributed by atoms with Gasteiger partial charge in [0.25, 0.3) is 0 Å². The molecule has 0 amide bonds. The van der Waals surface area contributed by atoms with Crippen molar-refractivity contribution in [1.82, 2.24) is 19.7 Å². The second-order valence-electron chi connectivity index (χ2n) is 4.33. The van der Waals surface area contributed by atoms with Crippen LogP contribution in [0.2, 0.25) is 0 Å². The number of carbonyl (C=O) groups is 1. The molecule has 0 aliphatic heterocycles. The van der Waals surface area contributed by atoms with Crippen LogP contribution < -0.4 is 0 Å². The van der Waals surface area contributed by atoms with Crippen LogP contribution in [-0.2, 0) is 7.05 Å². The number of aryl methyl sites for hydroxylation is 1. The predicted octanol–water partition coefficient (Wildman–Crippen LogP) is 1.70. The molecule has 1 N–H and O–H groups in total. The van der Waals surface area contributed by atoms with Gasteiger partial charge in [-0.25, -0.2) is 14.8 Å². The van der Waals surface area contributed by atoms with Gasteiger partial charge in [-0.2, -0.15) is 5.10 Å². The Hall–Kier alpha value is -2.24. The molecule has 0 aliphatic carbocycles. The van der Waals surface area contributed by atoms with Crippen molar-refractivity contribution in [3.63, 3.8) is 0 Å². The monoisotopic (exact) mass is 246 g/mol. The zero-order chi connectivity index (χ0) is 13.3.